The number of nitrogens with one attached hydrogen (secondary N) is 3. The lowest BCUT2D eigenvalue weighted by molar-refractivity contribution is 0.0927. The molecule has 0 aliphatic heterocycles. The van der Waals surface area contributed by atoms with Gasteiger partial charge in [0, 0.05) is 35.5 Å². The van der Waals surface area contributed by atoms with E-state index in [9.17, 15) is 18.8 Å². The first-order valence-corrected chi connectivity index (χ1v) is 9.83. The molecule has 3 aromatic rings. The summed E-state index contributed by atoms with van der Waals surface area (Å²) < 4.78 is 18.0. The summed E-state index contributed by atoms with van der Waals surface area (Å²) in [6.45, 7) is 0.520. The van der Waals surface area contributed by atoms with Crippen molar-refractivity contribution in [2.45, 2.75) is 0 Å². The molecule has 0 saturated heterocycles. The Morgan fingerprint density at radius 1 is 0.688 bits per heavy atom. The molecule has 32 heavy (non-hydrogen) atoms. The highest BCUT2D eigenvalue weighted by Gasteiger charge is 2.09. The lowest BCUT2D eigenvalue weighted by Crippen LogP contribution is -2.34. The van der Waals surface area contributed by atoms with Crippen molar-refractivity contribution in [2.75, 3.05) is 25.5 Å². The van der Waals surface area contributed by atoms with Crippen LogP contribution in [0.3, 0.4) is 0 Å². The van der Waals surface area contributed by atoms with Gasteiger partial charge in [-0.1, -0.05) is 0 Å². The van der Waals surface area contributed by atoms with Gasteiger partial charge < -0.3 is 20.7 Å². The highest BCUT2D eigenvalue weighted by atomic mass is 19.1. The van der Waals surface area contributed by atoms with Crippen molar-refractivity contribution in [3.63, 3.8) is 0 Å². The molecule has 0 aliphatic rings. The molecule has 0 aromatic heterocycles. The van der Waals surface area contributed by atoms with Crippen LogP contribution in [0.1, 0.15) is 31.1 Å². The Kier molecular flexibility index (Phi) is 7.53. The van der Waals surface area contributed by atoms with Crippen LogP contribution in [0.5, 0.6) is 5.75 Å². The number of carbonyl (C=O) groups excluding carboxylic acids is 3. The van der Waals surface area contributed by atoms with Crippen molar-refractivity contribution in [1.82, 2.24) is 10.6 Å². The van der Waals surface area contributed by atoms with E-state index in [4.69, 9.17) is 4.74 Å². The summed E-state index contributed by atoms with van der Waals surface area (Å²) in [6.07, 6.45) is 0. The third kappa shape index (κ3) is 6.15. The van der Waals surface area contributed by atoms with E-state index < -0.39 is 5.82 Å². The molecule has 3 amide bonds. The predicted molar refractivity (Wildman–Crippen MR) is 118 cm³/mol. The van der Waals surface area contributed by atoms with Crippen molar-refractivity contribution in [3.8, 4) is 5.75 Å². The van der Waals surface area contributed by atoms with Gasteiger partial charge in [-0.25, -0.2) is 4.39 Å². The molecule has 0 aliphatic carbocycles. The quantitative estimate of drug-likeness (QED) is 0.473. The Morgan fingerprint density at radius 3 is 1.62 bits per heavy atom. The normalized spacial score (nSPS) is 10.2. The molecular weight excluding hydrogens is 413 g/mol. The van der Waals surface area contributed by atoms with Gasteiger partial charge in [-0.2, -0.15) is 0 Å². The topological polar surface area (TPSA) is 96.5 Å². The van der Waals surface area contributed by atoms with Crippen LogP contribution in [0.2, 0.25) is 0 Å². The van der Waals surface area contributed by atoms with Gasteiger partial charge in [0.25, 0.3) is 17.7 Å². The highest BCUT2D eigenvalue weighted by molar-refractivity contribution is 6.04. The Bertz CT molecular complexity index is 1080. The molecule has 0 fully saturated rings. The molecule has 0 unspecified atom stereocenters. The number of carbonyl (C=O) groups is 3. The minimum absolute atomic E-state index is 0.247. The number of anilines is 1. The van der Waals surface area contributed by atoms with Gasteiger partial charge in [-0.15, -0.1) is 0 Å². The van der Waals surface area contributed by atoms with Crippen LogP contribution >= 0.6 is 0 Å². The summed E-state index contributed by atoms with van der Waals surface area (Å²) in [6, 6.07) is 18.3. The number of benzene rings is 3. The van der Waals surface area contributed by atoms with Crippen LogP contribution in [-0.4, -0.2) is 37.9 Å². The fourth-order valence-corrected chi connectivity index (χ4v) is 2.81. The molecule has 0 radical (unpaired) electrons. The summed E-state index contributed by atoms with van der Waals surface area (Å²) in [5.41, 5.74) is 1.73. The molecule has 0 bridgehead atoms. The van der Waals surface area contributed by atoms with Gasteiger partial charge >= 0.3 is 0 Å². The lowest BCUT2D eigenvalue weighted by Gasteiger charge is -2.09. The average molecular weight is 435 g/mol. The van der Waals surface area contributed by atoms with E-state index >= 15 is 0 Å². The number of halogens is 1. The standard InChI is InChI=1S/C24H22FN3O4/c1-32-21-12-6-17(7-13-21)23(30)27-15-14-26-22(29)16-4-10-20(11-5-16)28-24(31)18-2-8-19(25)9-3-18/h2-13H,14-15H2,1H3,(H,26,29)(H,27,30)(H,28,31). The lowest BCUT2D eigenvalue weighted by atomic mass is 10.1. The van der Waals surface area contributed by atoms with Crippen molar-refractivity contribution < 1.29 is 23.5 Å². The summed E-state index contributed by atoms with van der Waals surface area (Å²) in [5, 5.41) is 8.13. The van der Waals surface area contributed by atoms with Gasteiger partial charge in [0.15, 0.2) is 0 Å². The Balaban J connectivity index is 1.43. The number of amides is 3. The fraction of sp³-hybridized carbons (Fsp3) is 0.125. The van der Waals surface area contributed by atoms with Crippen LogP contribution in [0.25, 0.3) is 0 Å². The minimum atomic E-state index is -0.419. The number of ether oxygens (including phenoxy) is 1. The molecule has 0 heterocycles. The molecule has 3 rings (SSSR count). The molecule has 7 nitrogen and oxygen atoms in total. The van der Waals surface area contributed by atoms with Crippen molar-refractivity contribution >= 4 is 23.4 Å². The Labute approximate surface area is 184 Å². The van der Waals surface area contributed by atoms with Gasteiger partial charge in [-0.3, -0.25) is 14.4 Å². The van der Waals surface area contributed by atoms with Crippen LogP contribution in [0.4, 0.5) is 10.1 Å². The van der Waals surface area contributed by atoms with E-state index in [-0.39, 0.29) is 30.8 Å². The molecule has 3 N–H and O–H groups in total. The second-order valence-corrected chi connectivity index (χ2v) is 6.78. The zero-order chi connectivity index (χ0) is 22.9. The van der Waals surface area contributed by atoms with Crippen LogP contribution < -0.4 is 20.7 Å². The predicted octanol–water partition coefficient (Wildman–Crippen LogP) is 3.25. The fourth-order valence-electron chi connectivity index (χ4n) is 2.81. The minimum Gasteiger partial charge on any atom is -0.497 e. The molecule has 0 atom stereocenters. The maximum absolute atomic E-state index is 13.0. The van der Waals surface area contributed by atoms with Gasteiger partial charge in [-0.05, 0) is 72.8 Å². The summed E-state index contributed by atoms with van der Waals surface area (Å²) >= 11 is 0. The SMILES string of the molecule is COc1ccc(C(=O)NCCNC(=O)c2ccc(NC(=O)c3ccc(F)cc3)cc2)cc1. The Hall–Kier alpha value is -4.20. The molecular formula is C24H22FN3O4. The first-order chi connectivity index (χ1) is 15.5. The van der Waals surface area contributed by atoms with E-state index in [1.807, 2.05) is 0 Å². The largest absolute Gasteiger partial charge is 0.497 e. The highest BCUT2D eigenvalue weighted by Crippen LogP contribution is 2.13. The summed E-state index contributed by atoms with van der Waals surface area (Å²) in [4.78, 5) is 36.5. The Morgan fingerprint density at radius 2 is 1.12 bits per heavy atom. The summed E-state index contributed by atoms with van der Waals surface area (Å²) in [5.74, 6) is -0.690. The van der Waals surface area contributed by atoms with Crippen molar-refractivity contribution in [3.05, 3.63) is 95.3 Å². The first kappa shape index (κ1) is 22.5. The smallest absolute Gasteiger partial charge is 0.255 e. The zero-order valence-corrected chi connectivity index (χ0v) is 17.4. The van der Waals surface area contributed by atoms with E-state index in [1.165, 1.54) is 24.3 Å². The molecule has 164 valence electrons. The third-order valence-electron chi connectivity index (χ3n) is 4.56. The van der Waals surface area contributed by atoms with E-state index in [0.717, 1.165) is 0 Å². The van der Waals surface area contributed by atoms with Crippen molar-refractivity contribution in [1.29, 1.82) is 0 Å². The van der Waals surface area contributed by atoms with E-state index in [1.54, 1.807) is 55.6 Å². The maximum atomic E-state index is 13.0. The van der Waals surface area contributed by atoms with Gasteiger partial charge in [0.2, 0.25) is 0 Å². The van der Waals surface area contributed by atoms with Gasteiger partial charge in [0.05, 0.1) is 7.11 Å². The van der Waals surface area contributed by atoms with Crippen molar-refractivity contribution in [2.24, 2.45) is 0 Å². The number of methoxy groups -OCH3 is 1. The number of hydrogen-bond donors (Lipinski definition) is 3. The van der Waals surface area contributed by atoms with Crippen LogP contribution in [0, 0.1) is 5.82 Å². The maximum Gasteiger partial charge on any atom is 0.255 e. The average Bonchev–Trinajstić information content (AvgIpc) is 2.82. The van der Waals surface area contributed by atoms with Gasteiger partial charge in [0.1, 0.15) is 11.6 Å². The second kappa shape index (κ2) is 10.7. The molecule has 0 saturated carbocycles. The van der Waals surface area contributed by atoms with Crippen LogP contribution in [0.15, 0.2) is 72.8 Å². The van der Waals surface area contributed by atoms with E-state index in [0.29, 0.717) is 28.1 Å². The van der Waals surface area contributed by atoms with E-state index in [2.05, 4.69) is 16.0 Å². The van der Waals surface area contributed by atoms with Crippen LogP contribution in [-0.2, 0) is 0 Å². The molecule has 8 heteroatoms. The first-order valence-electron chi connectivity index (χ1n) is 9.83. The molecule has 3 aromatic carbocycles. The monoisotopic (exact) mass is 435 g/mol. The second-order valence-electron chi connectivity index (χ2n) is 6.78. The zero-order valence-electron chi connectivity index (χ0n) is 17.4. The third-order valence-corrected chi connectivity index (χ3v) is 4.56. The summed E-state index contributed by atoms with van der Waals surface area (Å²) in [7, 11) is 1.55. The number of hydrogen-bond acceptors (Lipinski definition) is 4. The molecule has 0 spiro atoms. The number of rotatable bonds is 8.